The Kier molecular flexibility index (Phi) is 4.16. The van der Waals surface area contributed by atoms with Crippen molar-refractivity contribution in [3.63, 3.8) is 0 Å². The standard InChI is InChI=1S/C15H22N2O3/c1-9-6-5-7-17(8-9)14(18)13-10(2)12(11(3)16-13)15(19)20-4/h9,16H,5-8H2,1-4H3. The van der Waals surface area contributed by atoms with E-state index in [0.717, 1.165) is 19.5 Å². The summed E-state index contributed by atoms with van der Waals surface area (Å²) in [5.41, 5.74) is 2.35. The van der Waals surface area contributed by atoms with Gasteiger partial charge in [-0.3, -0.25) is 4.79 Å². The summed E-state index contributed by atoms with van der Waals surface area (Å²) in [6, 6.07) is 0. The van der Waals surface area contributed by atoms with E-state index in [-0.39, 0.29) is 5.91 Å². The van der Waals surface area contributed by atoms with Gasteiger partial charge < -0.3 is 14.6 Å². The summed E-state index contributed by atoms with van der Waals surface area (Å²) in [5.74, 6) is 0.110. The molecular formula is C15H22N2O3. The number of aryl methyl sites for hydroxylation is 1. The number of esters is 1. The van der Waals surface area contributed by atoms with Gasteiger partial charge in [-0.2, -0.15) is 0 Å². The van der Waals surface area contributed by atoms with Crippen LogP contribution in [0.4, 0.5) is 0 Å². The van der Waals surface area contributed by atoms with Gasteiger partial charge in [-0.1, -0.05) is 6.92 Å². The fourth-order valence-electron chi connectivity index (χ4n) is 2.90. The van der Waals surface area contributed by atoms with Crippen LogP contribution in [0.1, 0.15) is 51.9 Å². The molecule has 2 rings (SSSR count). The Morgan fingerprint density at radius 3 is 2.65 bits per heavy atom. The van der Waals surface area contributed by atoms with Crippen LogP contribution in [0.25, 0.3) is 0 Å². The fourth-order valence-corrected chi connectivity index (χ4v) is 2.90. The van der Waals surface area contributed by atoms with Gasteiger partial charge in [0, 0.05) is 18.8 Å². The molecule has 0 aromatic carbocycles. The number of hydrogen-bond acceptors (Lipinski definition) is 3. The maximum absolute atomic E-state index is 12.6. The van der Waals surface area contributed by atoms with E-state index in [4.69, 9.17) is 4.74 Å². The molecule has 1 aromatic rings. The van der Waals surface area contributed by atoms with E-state index in [2.05, 4.69) is 11.9 Å². The zero-order valence-corrected chi connectivity index (χ0v) is 12.6. The zero-order valence-electron chi connectivity index (χ0n) is 12.6. The molecule has 1 unspecified atom stereocenters. The molecule has 1 aromatic heterocycles. The number of methoxy groups -OCH3 is 1. The van der Waals surface area contributed by atoms with Gasteiger partial charge in [-0.25, -0.2) is 4.79 Å². The first kappa shape index (κ1) is 14.6. The van der Waals surface area contributed by atoms with Crippen LogP contribution in [-0.4, -0.2) is 42.0 Å². The van der Waals surface area contributed by atoms with E-state index in [1.807, 2.05) is 4.90 Å². The number of carbonyl (C=O) groups excluding carboxylic acids is 2. The molecule has 1 amide bonds. The lowest BCUT2D eigenvalue weighted by Gasteiger charge is -2.30. The van der Waals surface area contributed by atoms with E-state index >= 15 is 0 Å². The number of carbonyl (C=O) groups is 2. The molecule has 1 N–H and O–H groups in total. The Hall–Kier alpha value is -1.78. The first-order valence-electron chi connectivity index (χ1n) is 7.02. The highest BCUT2D eigenvalue weighted by Crippen LogP contribution is 2.23. The Labute approximate surface area is 119 Å². The third kappa shape index (κ3) is 2.57. The van der Waals surface area contributed by atoms with Crippen molar-refractivity contribution >= 4 is 11.9 Å². The number of H-pyrrole nitrogens is 1. The van der Waals surface area contributed by atoms with Crippen LogP contribution in [0.3, 0.4) is 0 Å². The normalized spacial score (nSPS) is 19.0. The smallest absolute Gasteiger partial charge is 0.339 e. The van der Waals surface area contributed by atoms with E-state index in [1.54, 1.807) is 13.8 Å². The number of aromatic amines is 1. The molecule has 0 spiro atoms. The van der Waals surface area contributed by atoms with Crippen LogP contribution < -0.4 is 0 Å². The maximum atomic E-state index is 12.6. The van der Waals surface area contributed by atoms with Crippen molar-refractivity contribution in [3.05, 3.63) is 22.5 Å². The van der Waals surface area contributed by atoms with E-state index in [1.165, 1.54) is 13.5 Å². The molecule has 0 radical (unpaired) electrons. The third-order valence-electron chi connectivity index (χ3n) is 3.99. The molecule has 20 heavy (non-hydrogen) atoms. The number of likely N-dealkylation sites (tertiary alicyclic amines) is 1. The summed E-state index contributed by atoms with van der Waals surface area (Å²) >= 11 is 0. The molecular weight excluding hydrogens is 256 g/mol. The number of piperidine rings is 1. The summed E-state index contributed by atoms with van der Waals surface area (Å²) in [6.07, 6.45) is 2.20. The highest BCUT2D eigenvalue weighted by molar-refractivity contribution is 6.00. The molecule has 110 valence electrons. The number of amides is 1. The number of nitrogens with one attached hydrogen (secondary N) is 1. The summed E-state index contributed by atoms with van der Waals surface area (Å²) in [5, 5.41) is 0. The van der Waals surface area contributed by atoms with Crippen molar-refractivity contribution in [2.24, 2.45) is 5.92 Å². The zero-order chi connectivity index (χ0) is 14.9. The number of ether oxygens (including phenoxy) is 1. The first-order chi connectivity index (χ1) is 9.45. The van der Waals surface area contributed by atoms with Crippen LogP contribution in [0, 0.1) is 19.8 Å². The Bertz CT molecular complexity index is 533. The van der Waals surface area contributed by atoms with Gasteiger partial charge in [-0.05, 0) is 38.2 Å². The minimum absolute atomic E-state index is 0.0210. The van der Waals surface area contributed by atoms with Crippen molar-refractivity contribution in [1.29, 1.82) is 0 Å². The van der Waals surface area contributed by atoms with Crippen molar-refractivity contribution in [3.8, 4) is 0 Å². The van der Waals surface area contributed by atoms with Crippen molar-refractivity contribution in [1.82, 2.24) is 9.88 Å². The average molecular weight is 278 g/mol. The average Bonchev–Trinajstić information content (AvgIpc) is 2.72. The van der Waals surface area contributed by atoms with Crippen LogP contribution in [0.2, 0.25) is 0 Å². The van der Waals surface area contributed by atoms with Gasteiger partial charge in [0.15, 0.2) is 0 Å². The molecule has 0 saturated carbocycles. The lowest BCUT2D eigenvalue weighted by atomic mass is 9.99. The predicted molar refractivity (Wildman–Crippen MR) is 75.9 cm³/mol. The Morgan fingerprint density at radius 2 is 2.05 bits per heavy atom. The molecule has 1 aliphatic rings. The highest BCUT2D eigenvalue weighted by Gasteiger charge is 2.27. The molecule has 5 heteroatoms. The lowest BCUT2D eigenvalue weighted by Crippen LogP contribution is -2.39. The highest BCUT2D eigenvalue weighted by atomic mass is 16.5. The Balaban J connectivity index is 2.29. The number of aromatic nitrogens is 1. The van der Waals surface area contributed by atoms with Crippen molar-refractivity contribution in [2.75, 3.05) is 20.2 Å². The largest absolute Gasteiger partial charge is 0.465 e. The topological polar surface area (TPSA) is 62.4 Å². The van der Waals surface area contributed by atoms with Gasteiger partial charge in [0.1, 0.15) is 5.69 Å². The second kappa shape index (κ2) is 5.69. The molecule has 0 bridgehead atoms. The van der Waals surface area contributed by atoms with Crippen molar-refractivity contribution < 1.29 is 14.3 Å². The van der Waals surface area contributed by atoms with Crippen LogP contribution in [-0.2, 0) is 4.74 Å². The number of rotatable bonds is 2. The van der Waals surface area contributed by atoms with Gasteiger partial charge in [-0.15, -0.1) is 0 Å². The van der Waals surface area contributed by atoms with Gasteiger partial charge in [0.2, 0.25) is 0 Å². The molecule has 0 aliphatic carbocycles. The SMILES string of the molecule is COC(=O)c1c(C)[nH]c(C(=O)N2CCCC(C)C2)c1C. The second-order valence-corrected chi connectivity index (χ2v) is 5.62. The van der Waals surface area contributed by atoms with E-state index < -0.39 is 5.97 Å². The molecule has 1 saturated heterocycles. The number of hydrogen-bond donors (Lipinski definition) is 1. The first-order valence-corrected chi connectivity index (χ1v) is 7.02. The van der Waals surface area contributed by atoms with Crippen LogP contribution >= 0.6 is 0 Å². The summed E-state index contributed by atoms with van der Waals surface area (Å²) in [4.78, 5) is 29.3. The quantitative estimate of drug-likeness (QED) is 0.844. The minimum atomic E-state index is -0.401. The van der Waals surface area contributed by atoms with Gasteiger partial charge in [0.25, 0.3) is 5.91 Å². The maximum Gasteiger partial charge on any atom is 0.339 e. The van der Waals surface area contributed by atoms with Crippen LogP contribution in [0.15, 0.2) is 0 Å². The Morgan fingerprint density at radius 1 is 1.35 bits per heavy atom. The second-order valence-electron chi connectivity index (χ2n) is 5.62. The summed E-state index contributed by atoms with van der Waals surface area (Å²) in [7, 11) is 1.35. The minimum Gasteiger partial charge on any atom is -0.465 e. The summed E-state index contributed by atoms with van der Waals surface area (Å²) < 4.78 is 4.77. The molecule has 1 aliphatic heterocycles. The van der Waals surface area contributed by atoms with Gasteiger partial charge >= 0.3 is 5.97 Å². The lowest BCUT2D eigenvalue weighted by molar-refractivity contribution is 0.0599. The monoisotopic (exact) mass is 278 g/mol. The molecule has 1 fully saturated rings. The van der Waals surface area contributed by atoms with E-state index in [9.17, 15) is 9.59 Å². The fraction of sp³-hybridized carbons (Fsp3) is 0.600. The third-order valence-corrected chi connectivity index (χ3v) is 3.99. The van der Waals surface area contributed by atoms with Gasteiger partial charge in [0.05, 0.1) is 12.7 Å². The molecule has 2 heterocycles. The predicted octanol–water partition coefficient (Wildman–Crippen LogP) is 2.29. The molecule has 5 nitrogen and oxygen atoms in total. The number of nitrogens with zero attached hydrogens (tertiary/aromatic N) is 1. The van der Waals surface area contributed by atoms with E-state index in [0.29, 0.717) is 28.4 Å². The van der Waals surface area contributed by atoms with Crippen LogP contribution in [0.5, 0.6) is 0 Å². The molecule has 1 atom stereocenters. The summed E-state index contributed by atoms with van der Waals surface area (Å²) in [6.45, 7) is 7.30. The van der Waals surface area contributed by atoms with Crippen molar-refractivity contribution in [2.45, 2.75) is 33.6 Å².